The number of carbonyl (C=O) groups is 5. The van der Waals surface area contributed by atoms with Crippen molar-refractivity contribution in [2.75, 3.05) is 23.7 Å². The van der Waals surface area contributed by atoms with E-state index >= 15 is 0 Å². The third-order valence-corrected chi connectivity index (χ3v) is 6.58. The van der Waals surface area contributed by atoms with Crippen LogP contribution < -0.4 is 4.90 Å². The highest BCUT2D eigenvalue weighted by Gasteiger charge is 2.37. The molecule has 1 radical (unpaired) electrons. The Kier molecular flexibility index (Phi) is 5.87. The van der Waals surface area contributed by atoms with Gasteiger partial charge in [-0.1, -0.05) is 6.07 Å². The molecule has 2 aliphatic heterocycles. The molecule has 0 bridgehead atoms. The average molecular weight is 427 g/mol. The molecule has 2 aliphatic rings. The lowest BCUT2D eigenvalue weighted by Crippen LogP contribution is -2.40. The first-order valence-electron chi connectivity index (χ1n) is 9.02. The van der Waals surface area contributed by atoms with Crippen molar-refractivity contribution in [3.8, 4) is 0 Å². The number of amides is 3. The van der Waals surface area contributed by atoms with Crippen LogP contribution in [0.5, 0.6) is 0 Å². The van der Waals surface area contributed by atoms with E-state index in [4.69, 9.17) is 4.74 Å². The zero-order valence-electron chi connectivity index (χ0n) is 15.6. The SMILES string of the molecule is CC(=O)N(CC1CN(c2ccc(C3CC[SH4]C(=O)C3=O)c(F)c2)C(=O)O1)C([O])=O. The Morgan fingerprint density at radius 1 is 1.31 bits per heavy atom. The largest absolute Gasteiger partial charge is 0.459 e. The van der Waals surface area contributed by atoms with Crippen LogP contribution in [0.2, 0.25) is 0 Å². The summed E-state index contributed by atoms with van der Waals surface area (Å²) in [4.78, 5) is 59.7. The molecule has 0 N–H and O–H groups in total. The lowest BCUT2D eigenvalue weighted by molar-refractivity contribution is -0.133. The molecule has 2 heterocycles. The lowest BCUT2D eigenvalue weighted by Gasteiger charge is -2.23. The Hall–Kier alpha value is -2.95. The Bertz CT molecular complexity index is 892. The van der Waals surface area contributed by atoms with Gasteiger partial charge in [-0.3, -0.25) is 31.0 Å². The van der Waals surface area contributed by atoms with Crippen LogP contribution in [0.1, 0.15) is 24.8 Å². The maximum Gasteiger partial charge on any atom is 0.459 e. The number of benzene rings is 1. The van der Waals surface area contributed by atoms with Gasteiger partial charge in [0, 0.05) is 6.92 Å². The summed E-state index contributed by atoms with van der Waals surface area (Å²) in [5.74, 6) is -2.20. The summed E-state index contributed by atoms with van der Waals surface area (Å²) in [6, 6.07) is 3.88. The van der Waals surface area contributed by atoms with Crippen molar-refractivity contribution in [1.29, 1.82) is 0 Å². The Labute approximate surface area is 168 Å². The summed E-state index contributed by atoms with van der Waals surface area (Å²) in [6.45, 7) is 0.544. The number of rotatable bonds is 4. The fraction of sp³-hybridized carbons (Fsp3) is 0.389. The molecule has 3 rings (SSSR count). The molecule has 3 amide bonds. The number of carbonyl (C=O) groups excluding carboxylic acids is 5. The standard InChI is InChI=1S/C18H20FN2O7S/c1-9(22)20(17(25)26)7-11-8-21(18(27)28-11)10-2-3-12(14(19)6-10)13-4-5-29-16(24)15(13)23/h2-3,6,11,13H,4-5,7-8H2,1H3,29H4. The van der Waals surface area contributed by atoms with Crippen LogP contribution in [-0.4, -0.2) is 58.8 Å². The fourth-order valence-corrected chi connectivity index (χ4v) is 4.97. The summed E-state index contributed by atoms with van der Waals surface area (Å²) in [5, 5.41) is 10.6. The van der Waals surface area contributed by atoms with Gasteiger partial charge in [-0.05, 0) is 29.9 Å². The van der Waals surface area contributed by atoms with Crippen LogP contribution in [0.15, 0.2) is 18.2 Å². The van der Waals surface area contributed by atoms with Crippen molar-refractivity contribution in [2.24, 2.45) is 0 Å². The number of anilines is 1. The maximum absolute atomic E-state index is 14.7. The van der Waals surface area contributed by atoms with E-state index in [-0.39, 0.29) is 22.9 Å². The van der Waals surface area contributed by atoms with Gasteiger partial charge in [-0.2, -0.15) is 0 Å². The quantitative estimate of drug-likeness (QED) is 0.655. The Balaban J connectivity index is 1.76. The number of ether oxygens (including phenoxy) is 1. The second-order valence-corrected chi connectivity index (χ2v) is 8.80. The van der Waals surface area contributed by atoms with Crippen LogP contribution >= 0.6 is 11.8 Å². The predicted molar refractivity (Wildman–Crippen MR) is 103 cm³/mol. The zero-order valence-corrected chi connectivity index (χ0v) is 17.0. The molecule has 2 fully saturated rings. The molecule has 1 aromatic carbocycles. The van der Waals surface area contributed by atoms with Crippen molar-refractivity contribution in [3.63, 3.8) is 0 Å². The van der Waals surface area contributed by atoms with E-state index in [0.717, 1.165) is 17.9 Å². The van der Waals surface area contributed by atoms with Gasteiger partial charge in [0.25, 0.3) is 0 Å². The van der Waals surface area contributed by atoms with Crippen molar-refractivity contribution in [2.45, 2.75) is 25.4 Å². The van der Waals surface area contributed by atoms with E-state index in [0.29, 0.717) is 17.1 Å². The number of nitrogens with zero attached hydrogens (tertiary/aromatic N) is 2. The molecule has 0 spiro atoms. The molecule has 11 heteroatoms. The Morgan fingerprint density at radius 2 is 2.03 bits per heavy atom. The number of ketones is 1. The third-order valence-electron chi connectivity index (χ3n) is 5.02. The molecular formula is C18H20FN2O7S. The average Bonchev–Trinajstić information content (AvgIpc) is 3.02. The first kappa shape index (κ1) is 20.8. The smallest absolute Gasteiger partial charge is 0.442 e. The number of hydrogen-bond acceptors (Lipinski definition) is 6. The molecule has 157 valence electrons. The third kappa shape index (κ3) is 4.24. The van der Waals surface area contributed by atoms with Gasteiger partial charge >= 0.3 is 12.2 Å². The maximum atomic E-state index is 14.7. The van der Waals surface area contributed by atoms with Gasteiger partial charge in [0.05, 0.1) is 24.7 Å². The predicted octanol–water partition coefficient (Wildman–Crippen LogP) is 0.795. The first-order chi connectivity index (χ1) is 13.7. The minimum atomic E-state index is -1.71. The number of hydrogen-bond donors (Lipinski definition) is 0. The van der Waals surface area contributed by atoms with Crippen molar-refractivity contribution < 1.29 is 38.2 Å². The number of halogens is 1. The number of cyclic esters (lactones) is 1. The molecule has 0 aliphatic carbocycles. The van der Waals surface area contributed by atoms with Crippen LogP contribution in [-0.2, 0) is 24.2 Å². The summed E-state index contributed by atoms with van der Waals surface area (Å²) in [5.41, 5.74) is 0.273. The van der Waals surface area contributed by atoms with E-state index < -0.39 is 60.0 Å². The van der Waals surface area contributed by atoms with Crippen LogP contribution in [0.25, 0.3) is 0 Å². The first-order valence-corrected chi connectivity index (χ1v) is 10.7. The van der Waals surface area contributed by atoms with Gasteiger partial charge in [0.2, 0.25) is 16.8 Å². The monoisotopic (exact) mass is 427 g/mol. The molecule has 29 heavy (non-hydrogen) atoms. The van der Waals surface area contributed by atoms with E-state index in [2.05, 4.69) is 0 Å². The van der Waals surface area contributed by atoms with E-state index in [1.165, 1.54) is 12.1 Å². The fourth-order valence-electron chi connectivity index (χ4n) is 3.54. The van der Waals surface area contributed by atoms with E-state index in [1.54, 1.807) is 0 Å². The normalized spacial score (nSPS) is 22.1. The van der Waals surface area contributed by atoms with Gasteiger partial charge < -0.3 is 4.74 Å². The van der Waals surface area contributed by atoms with Crippen molar-refractivity contribution in [3.05, 3.63) is 29.6 Å². The second kappa shape index (κ2) is 8.19. The molecule has 2 saturated heterocycles. The molecule has 9 nitrogen and oxygen atoms in total. The highest BCUT2D eigenvalue weighted by Crippen LogP contribution is 2.33. The molecule has 2 unspecified atom stereocenters. The second-order valence-electron chi connectivity index (χ2n) is 6.95. The molecule has 0 aromatic heterocycles. The van der Waals surface area contributed by atoms with E-state index in [1.807, 2.05) is 0 Å². The summed E-state index contributed by atoms with van der Waals surface area (Å²) < 4.78 is 19.7. The van der Waals surface area contributed by atoms with Crippen LogP contribution in [0.4, 0.5) is 19.7 Å². The topological polar surface area (TPSA) is 121 Å². The van der Waals surface area contributed by atoms with Gasteiger partial charge in [-0.15, -0.1) is 0 Å². The molecule has 1 aromatic rings. The zero-order chi connectivity index (χ0) is 21.3. The van der Waals surface area contributed by atoms with Gasteiger partial charge in [-0.25, -0.2) is 24.0 Å². The molecular weight excluding hydrogens is 407 g/mol. The molecule has 0 saturated carbocycles. The number of Topliss-reactive ketones (excluding diaryl/α,β-unsaturated/α-hetero) is 1. The van der Waals surface area contributed by atoms with Crippen molar-refractivity contribution >= 4 is 46.4 Å². The van der Waals surface area contributed by atoms with Gasteiger partial charge in [0.15, 0.2) is 0 Å². The summed E-state index contributed by atoms with van der Waals surface area (Å²) >= 11 is -1.07. The highest BCUT2D eigenvalue weighted by atomic mass is 32.2. The van der Waals surface area contributed by atoms with Crippen molar-refractivity contribution in [1.82, 2.24) is 4.90 Å². The minimum absolute atomic E-state index is 0.0961. The van der Waals surface area contributed by atoms with Gasteiger partial charge in [0.1, 0.15) is 11.9 Å². The minimum Gasteiger partial charge on any atom is -0.442 e. The summed E-state index contributed by atoms with van der Waals surface area (Å²) in [7, 11) is 0. The number of imide groups is 1. The summed E-state index contributed by atoms with van der Waals surface area (Å²) in [6.07, 6.45) is -3.03. The highest BCUT2D eigenvalue weighted by molar-refractivity contribution is 8.15. The van der Waals surface area contributed by atoms with Crippen LogP contribution in [0, 0.1) is 5.82 Å². The van der Waals surface area contributed by atoms with E-state index in [9.17, 15) is 33.5 Å². The van der Waals surface area contributed by atoms with Crippen LogP contribution in [0.3, 0.4) is 0 Å². The Morgan fingerprint density at radius 3 is 2.66 bits per heavy atom. The molecule has 2 atom stereocenters. The lowest BCUT2D eigenvalue weighted by atomic mass is 9.91.